The summed E-state index contributed by atoms with van der Waals surface area (Å²) in [6.45, 7) is 0.0227. The van der Waals surface area contributed by atoms with Crippen molar-refractivity contribution in [2.24, 2.45) is 11.8 Å². The van der Waals surface area contributed by atoms with Crippen molar-refractivity contribution in [2.45, 2.75) is 32.3 Å². The maximum Gasteiger partial charge on any atom is 0.126 e. The van der Waals surface area contributed by atoms with Gasteiger partial charge in [0.25, 0.3) is 0 Å². The van der Waals surface area contributed by atoms with E-state index in [1.165, 1.54) is 5.56 Å². The normalized spacial score (nSPS) is 20.4. The number of aromatic hydroxyl groups is 1. The molecule has 2 aliphatic carbocycles. The minimum Gasteiger partial charge on any atom is -0.507 e. The standard InChI is InChI=1S/C27H29O2P/c28-19-23-13-7-8-14-25(23)30-26-18-22(15-20-9-3-1-4-10-20)17-24(27(26)29)16-21-11-5-2-6-12-21/h1-9,11,13-14,17-18,20-21,28-30H,10,12,15-16,19H2. The van der Waals surface area contributed by atoms with Crippen LogP contribution in [0.4, 0.5) is 0 Å². The van der Waals surface area contributed by atoms with Crippen molar-refractivity contribution in [1.29, 1.82) is 0 Å². The van der Waals surface area contributed by atoms with Crippen LogP contribution in [0.5, 0.6) is 5.75 Å². The fourth-order valence-electron chi connectivity index (χ4n) is 4.21. The van der Waals surface area contributed by atoms with Gasteiger partial charge in [-0.05, 0) is 65.6 Å². The third kappa shape index (κ3) is 5.19. The minimum atomic E-state index is 0.0227. The molecule has 0 saturated carbocycles. The first-order valence-electron chi connectivity index (χ1n) is 10.7. The fourth-order valence-corrected chi connectivity index (χ4v) is 5.54. The molecule has 2 aliphatic rings. The number of hydrogen-bond donors (Lipinski definition) is 2. The summed E-state index contributed by atoms with van der Waals surface area (Å²) in [5.74, 6) is 1.35. The number of benzene rings is 2. The minimum absolute atomic E-state index is 0.0227. The monoisotopic (exact) mass is 416 g/mol. The van der Waals surface area contributed by atoms with Crippen molar-refractivity contribution in [2.75, 3.05) is 0 Å². The van der Waals surface area contributed by atoms with Gasteiger partial charge in [-0.25, -0.2) is 0 Å². The molecule has 3 heteroatoms. The van der Waals surface area contributed by atoms with Gasteiger partial charge in [-0.3, -0.25) is 0 Å². The molecule has 154 valence electrons. The summed E-state index contributed by atoms with van der Waals surface area (Å²) in [5.41, 5.74) is 3.26. The predicted octanol–water partition coefficient (Wildman–Crippen LogP) is 4.86. The van der Waals surface area contributed by atoms with Gasteiger partial charge in [0.1, 0.15) is 5.75 Å². The molecule has 0 saturated heterocycles. The van der Waals surface area contributed by atoms with Crippen LogP contribution >= 0.6 is 8.58 Å². The first-order chi connectivity index (χ1) is 14.7. The van der Waals surface area contributed by atoms with E-state index in [9.17, 15) is 10.2 Å². The quantitative estimate of drug-likeness (QED) is 0.633. The number of aliphatic hydroxyl groups excluding tert-OH is 1. The van der Waals surface area contributed by atoms with Crippen molar-refractivity contribution in [3.8, 4) is 5.75 Å². The van der Waals surface area contributed by atoms with Crippen LogP contribution < -0.4 is 10.6 Å². The van der Waals surface area contributed by atoms with Crippen molar-refractivity contribution in [3.05, 3.63) is 102 Å². The molecule has 0 bridgehead atoms. The summed E-state index contributed by atoms with van der Waals surface area (Å²) in [4.78, 5) is 0. The van der Waals surface area contributed by atoms with E-state index in [4.69, 9.17) is 0 Å². The van der Waals surface area contributed by atoms with Gasteiger partial charge < -0.3 is 10.2 Å². The second kappa shape index (κ2) is 10.1. The highest BCUT2D eigenvalue weighted by molar-refractivity contribution is 7.55. The number of allylic oxidation sites excluding steroid dienone is 8. The molecule has 30 heavy (non-hydrogen) atoms. The van der Waals surface area contributed by atoms with E-state index in [0.717, 1.165) is 47.4 Å². The van der Waals surface area contributed by atoms with Crippen molar-refractivity contribution < 1.29 is 10.2 Å². The largest absolute Gasteiger partial charge is 0.507 e. The molecular formula is C27H29O2P. The highest BCUT2D eigenvalue weighted by atomic mass is 31.1. The van der Waals surface area contributed by atoms with Crippen molar-refractivity contribution in [3.63, 3.8) is 0 Å². The maximum absolute atomic E-state index is 11.2. The smallest absolute Gasteiger partial charge is 0.126 e. The average Bonchev–Trinajstić information content (AvgIpc) is 2.78. The lowest BCUT2D eigenvalue weighted by atomic mass is 9.89. The number of hydrogen-bond acceptors (Lipinski definition) is 2. The van der Waals surface area contributed by atoms with Crippen LogP contribution in [-0.4, -0.2) is 10.2 Å². The lowest BCUT2D eigenvalue weighted by molar-refractivity contribution is 0.283. The molecule has 0 heterocycles. The van der Waals surface area contributed by atoms with E-state index in [0.29, 0.717) is 26.2 Å². The first kappa shape index (κ1) is 20.8. The summed E-state index contributed by atoms with van der Waals surface area (Å²) < 4.78 is 0. The van der Waals surface area contributed by atoms with E-state index in [1.54, 1.807) is 0 Å². The van der Waals surface area contributed by atoms with Gasteiger partial charge >= 0.3 is 0 Å². The lowest BCUT2D eigenvalue weighted by Crippen LogP contribution is -2.14. The third-order valence-corrected chi connectivity index (χ3v) is 7.23. The van der Waals surface area contributed by atoms with Gasteiger partial charge in [0.05, 0.1) is 6.61 Å². The Balaban J connectivity index is 1.65. The second-order valence-electron chi connectivity index (χ2n) is 8.12. The molecule has 4 rings (SSSR count). The van der Waals surface area contributed by atoms with Gasteiger partial charge in [0.15, 0.2) is 0 Å². The van der Waals surface area contributed by atoms with Crippen LogP contribution in [0.1, 0.15) is 29.5 Å². The Morgan fingerprint density at radius 1 is 0.800 bits per heavy atom. The molecule has 2 N–H and O–H groups in total. The third-order valence-electron chi connectivity index (χ3n) is 5.82. The van der Waals surface area contributed by atoms with Crippen LogP contribution in [0.15, 0.2) is 85.0 Å². The van der Waals surface area contributed by atoms with E-state index in [2.05, 4.69) is 66.8 Å². The summed E-state index contributed by atoms with van der Waals surface area (Å²) in [6.07, 6.45) is 21.3. The zero-order valence-electron chi connectivity index (χ0n) is 17.2. The van der Waals surface area contributed by atoms with E-state index in [1.807, 2.05) is 18.2 Å². The van der Waals surface area contributed by atoms with Gasteiger partial charge in [-0.1, -0.05) is 87.5 Å². The van der Waals surface area contributed by atoms with Crippen LogP contribution in [-0.2, 0) is 19.4 Å². The molecular weight excluding hydrogens is 387 g/mol. The number of phenols is 1. The molecule has 3 unspecified atom stereocenters. The van der Waals surface area contributed by atoms with Crippen LogP contribution in [0.2, 0.25) is 0 Å². The maximum atomic E-state index is 11.2. The Labute approximate surface area is 181 Å². The van der Waals surface area contributed by atoms with E-state index >= 15 is 0 Å². The van der Waals surface area contributed by atoms with Gasteiger partial charge in [-0.2, -0.15) is 0 Å². The molecule has 2 aromatic carbocycles. The number of rotatable bonds is 7. The van der Waals surface area contributed by atoms with Crippen LogP contribution in [0.25, 0.3) is 0 Å². The average molecular weight is 417 g/mol. The molecule has 2 nitrogen and oxygen atoms in total. The molecule has 2 aromatic rings. The zero-order chi connectivity index (χ0) is 20.8. The number of aliphatic hydroxyl groups is 1. The summed E-state index contributed by atoms with van der Waals surface area (Å²) in [6, 6.07) is 12.4. The van der Waals surface area contributed by atoms with Crippen LogP contribution in [0, 0.1) is 11.8 Å². The molecule has 3 atom stereocenters. The van der Waals surface area contributed by atoms with Gasteiger partial charge in [0, 0.05) is 5.30 Å². The molecule has 0 aromatic heterocycles. The first-order valence-corrected chi connectivity index (χ1v) is 11.7. The van der Waals surface area contributed by atoms with Crippen molar-refractivity contribution in [1.82, 2.24) is 0 Å². The Hall–Kier alpha value is -2.41. The van der Waals surface area contributed by atoms with E-state index < -0.39 is 0 Å². The Morgan fingerprint density at radius 3 is 2.17 bits per heavy atom. The zero-order valence-corrected chi connectivity index (χ0v) is 18.2. The molecule has 0 aliphatic heterocycles. The Kier molecular flexibility index (Phi) is 7.00. The van der Waals surface area contributed by atoms with Gasteiger partial charge in [-0.15, -0.1) is 0 Å². The molecule has 0 radical (unpaired) electrons. The predicted molar refractivity (Wildman–Crippen MR) is 128 cm³/mol. The molecule has 0 amide bonds. The number of phenolic OH excluding ortho intramolecular Hbond substituents is 1. The summed E-state index contributed by atoms with van der Waals surface area (Å²) in [7, 11) is 0.324. The SMILES string of the molecule is OCc1ccccc1Pc1cc(CC2C=CC=CC2)cc(CC2C=CC=CC2)c1O. The van der Waals surface area contributed by atoms with Gasteiger partial charge in [0.2, 0.25) is 0 Å². The van der Waals surface area contributed by atoms with Crippen LogP contribution in [0.3, 0.4) is 0 Å². The van der Waals surface area contributed by atoms with E-state index in [-0.39, 0.29) is 6.61 Å². The summed E-state index contributed by atoms with van der Waals surface area (Å²) in [5, 5.41) is 23.0. The molecule has 0 spiro atoms. The fraction of sp³-hybridized carbons (Fsp3) is 0.259. The summed E-state index contributed by atoms with van der Waals surface area (Å²) >= 11 is 0. The second-order valence-corrected chi connectivity index (χ2v) is 9.44. The highest BCUT2D eigenvalue weighted by Crippen LogP contribution is 2.30. The topological polar surface area (TPSA) is 40.5 Å². The Morgan fingerprint density at radius 2 is 1.50 bits per heavy atom. The highest BCUT2D eigenvalue weighted by Gasteiger charge is 2.17. The Bertz CT molecular complexity index is 1000. The molecule has 0 fully saturated rings. The van der Waals surface area contributed by atoms with Crippen molar-refractivity contribution >= 4 is 19.2 Å². The lowest BCUT2D eigenvalue weighted by Gasteiger charge is -2.20.